The third-order valence-electron chi connectivity index (χ3n) is 0.619. The van der Waals surface area contributed by atoms with Gasteiger partial charge >= 0.3 is 0 Å². The lowest BCUT2D eigenvalue weighted by Crippen LogP contribution is -1.94. The molecule has 0 radical (unpaired) electrons. The molecule has 0 aliphatic heterocycles. The fraction of sp³-hybridized carbons (Fsp3) is 0.500. The van der Waals surface area contributed by atoms with E-state index in [4.69, 9.17) is 4.74 Å². The van der Waals surface area contributed by atoms with Gasteiger partial charge in [0.15, 0.2) is 5.05 Å². The minimum Gasteiger partial charge on any atom is -0.483 e. The van der Waals surface area contributed by atoms with Crippen LogP contribution < -0.4 is 0 Å². The molecule has 0 saturated carbocycles. The average molecular weight is 130 g/mol. The fourth-order valence-electron chi connectivity index (χ4n) is 0.262. The van der Waals surface area contributed by atoms with Crippen LogP contribution in [-0.4, -0.2) is 11.7 Å². The van der Waals surface area contributed by atoms with Crippen molar-refractivity contribution < 1.29 is 4.74 Å². The summed E-state index contributed by atoms with van der Waals surface area (Å²) in [6, 6.07) is 0. The number of hydrogen-bond acceptors (Lipinski definition) is 2. The molecule has 0 N–H and O–H groups in total. The number of ether oxygens (including phenoxy) is 1. The lowest BCUT2D eigenvalue weighted by atomic mass is 10.5. The van der Waals surface area contributed by atoms with E-state index in [0.717, 1.165) is 0 Å². The van der Waals surface area contributed by atoms with Gasteiger partial charge in [-0.1, -0.05) is 12.2 Å². The van der Waals surface area contributed by atoms with Crippen LogP contribution in [0.5, 0.6) is 0 Å². The van der Waals surface area contributed by atoms with Crippen molar-refractivity contribution in [1.82, 2.24) is 0 Å². The topological polar surface area (TPSA) is 9.23 Å². The molecule has 0 spiro atoms. The van der Waals surface area contributed by atoms with Crippen molar-refractivity contribution in [3.05, 3.63) is 12.2 Å². The maximum absolute atomic E-state index is 4.93. The smallest absolute Gasteiger partial charge is 0.157 e. The Morgan fingerprint density at radius 3 is 2.75 bits per heavy atom. The van der Waals surface area contributed by atoms with Crippen LogP contribution >= 0.6 is 12.2 Å². The molecule has 1 nitrogen and oxygen atoms in total. The Hall–Kier alpha value is -0.370. The summed E-state index contributed by atoms with van der Waals surface area (Å²) >= 11 is 4.65. The van der Waals surface area contributed by atoms with E-state index < -0.39 is 0 Å². The first-order chi connectivity index (χ1) is 3.77. The van der Waals surface area contributed by atoms with Crippen LogP contribution in [0.1, 0.15) is 13.8 Å². The minimum atomic E-state index is 0.600. The highest BCUT2D eigenvalue weighted by Gasteiger charge is 1.79. The maximum Gasteiger partial charge on any atom is 0.157 e. The van der Waals surface area contributed by atoms with E-state index in [1.807, 2.05) is 19.1 Å². The number of allylic oxidation sites excluding steroid dienone is 1. The first kappa shape index (κ1) is 7.63. The Labute approximate surface area is 55.3 Å². The van der Waals surface area contributed by atoms with E-state index in [9.17, 15) is 0 Å². The second-order valence-electron chi connectivity index (χ2n) is 1.37. The molecule has 8 heavy (non-hydrogen) atoms. The van der Waals surface area contributed by atoms with Crippen LogP contribution in [0.2, 0.25) is 0 Å². The number of hydrogen-bond donors (Lipinski definition) is 0. The van der Waals surface area contributed by atoms with E-state index >= 15 is 0 Å². The van der Waals surface area contributed by atoms with Crippen LogP contribution in [0.3, 0.4) is 0 Å². The van der Waals surface area contributed by atoms with Crippen molar-refractivity contribution in [2.45, 2.75) is 13.8 Å². The van der Waals surface area contributed by atoms with Crippen LogP contribution in [0, 0.1) is 0 Å². The van der Waals surface area contributed by atoms with Crippen LogP contribution in [0.25, 0.3) is 0 Å². The van der Waals surface area contributed by atoms with E-state index in [-0.39, 0.29) is 0 Å². The summed E-state index contributed by atoms with van der Waals surface area (Å²) in [4.78, 5) is 0. The summed E-state index contributed by atoms with van der Waals surface area (Å²) in [6.07, 6.45) is 3.84. The normalized spacial score (nSPS) is 9.75. The molecule has 0 aromatic carbocycles. The molecule has 0 aliphatic rings. The molecular formula is C6H10OS. The third-order valence-corrected chi connectivity index (χ3v) is 0.736. The van der Waals surface area contributed by atoms with Gasteiger partial charge in [0, 0.05) is 6.92 Å². The molecule has 0 amide bonds. The molecule has 2 heteroatoms. The Kier molecular flexibility index (Phi) is 4.56. The maximum atomic E-state index is 4.93. The molecule has 0 heterocycles. The first-order valence-electron chi connectivity index (χ1n) is 2.52. The Morgan fingerprint density at radius 2 is 2.38 bits per heavy atom. The van der Waals surface area contributed by atoms with Gasteiger partial charge in [0.2, 0.25) is 0 Å². The highest BCUT2D eigenvalue weighted by Crippen LogP contribution is 1.80. The van der Waals surface area contributed by atoms with Crippen LogP contribution in [0.4, 0.5) is 0 Å². The summed E-state index contributed by atoms with van der Waals surface area (Å²) in [6.45, 7) is 4.31. The SMILES string of the molecule is C/C=C/COC(C)=S. The average Bonchev–Trinajstić information content (AvgIpc) is 1.66. The molecule has 0 bridgehead atoms. The van der Waals surface area contributed by atoms with Gasteiger partial charge in [0.25, 0.3) is 0 Å². The van der Waals surface area contributed by atoms with Crippen molar-refractivity contribution in [1.29, 1.82) is 0 Å². The van der Waals surface area contributed by atoms with E-state index in [0.29, 0.717) is 11.7 Å². The first-order valence-corrected chi connectivity index (χ1v) is 2.92. The molecule has 0 aromatic heterocycles. The molecule has 0 saturated heterocycles. The van der Waals surface area contributed by atoms with Gasteiger partial charge in [-0.25, -0.2) is 0 Å². The molecule has 0 unspecified atom stereocenters. The molecule has 0 atom stereocenters. The Morgan fingerprint density at radius 1 is 1.75 bits per heavy atom. The zero-order chi connectivity index (χ0) is 6.41. The fourth-order valence-corrected chi connectivity index (χ4v) is 0.330. The Balaban J connectivity index is 3.05. The zero-order valence-electron chi connectivity index (χ0n) is 5.18. The highest BCUT2D eigenvalue weighted by molar-refractivity contribution is 7.80. The zero-order valence-corrected chi connectivity index (χ0v) is 5.99. The van der Waals surface area contributed by atoms with Crippen molar-refractivity contribution in [2.24, 2.45) is 0 Å². The molecular weight excluding hydrogens is 120 g/mol. The lowest BCUT2D eigenvalue weighted by Gasteiger charge is -1.95. The summed E-state index contributed by atoms with van der Waals surface area (Å²) in [5, 5.41) is 0.600. The summed E-state index contributed by atoms with van der Waals surface area (Å²) < 4.78 is 4.93. The monoisotopic (exact) mass is 130 g/mol. The third kappa shape index (κ3) is 5.63. The van der Waals surface area contributed by atoms with E-state index in [1.165, 1.54) is 0 Å². The molecule has 0 aromatic rings. The van der Waals surface area contributed by atoms with Gasteiger partial charge in [-0.3, -0.25) is 0 Å². The summed E-state index contributed by atoms with van der Waals surface area (Å²) in [7, 11) is 0. The van der Waals surface area contributed by atoms with E-state index in [1.54, 1.807) is 6.92 Å². The number of thiocarbonyl (C=S) groups is 1. The summed E-state index contributed by atoms with van der Waals surface area (Å²) in [5.41, 5.74) is 0. The predicted molar refractivity (Wildman–Crippen MR) is 39.0 cm³/mol. The van der Waals surface area contributed by atoms with Gasteiger partial charge in [-0.2, -0.15) is 0 Å². The van der Waals surface area contributed by atoms with Gasteiger partial charge < -0.3 is 4.74 Å². The van der Waals surface area contributed by atoms with Crippen molar-refractivity contribution in [3.8, 4) is 0 Å². The Bertz CT molecular complexity index is 96.7. The van der Waals surface area contributed by atoms with Gasteiger partial charge in [-0.15, -0.1) is 0 Å². The molecule has 0 aliphatic carbocycles. The second-order valence-corrected chi connectivity index (χ2v) is 1.95. The minimum absolute atomic E-state index is 0.600. The molecule has 0 rings (SSSR count). The van der Waals surface area contributed by atoms with Crippen LogP contribution in [-0.2, 0) is 4.74 Å². The summed E-state index contributed by atoms with van der Waals surface area (Å²) in [5.74, 6) is 0. The second kappa shape index (κ2) is 4.78. The van der Waals surface area contributed by atoms with Crippen molar-refractivity contribution in [3.63, 3.8) is 0 Å². The largest absolute Gasteiger partial charge is 0.483 e. The highest BCUT2D eigenvalue weighted by atomic mass is 32.1. The van der Waals surface area contributed by atoms with Gasteiger partial charge in [0.1, 0.15) is 6.61 Å². The van der Waals surface area contributed by atoms with Crippen molar-refractivity contribution >= 4 is 17.3 Å². The van der Waals surface area contributed by atoms with Gasteiger partial charge in [-0.05, 0) is 19.1 Å². The lowest BCUT2D eigenvalue weighted by molar-refractivity contribution is 0.357. The standard InChI is InChI=1S/C6H10OS/c1-3-4-5-7-6(2)8/h3-4H,5H2,1-2H3/b4-3+. The van der Waals surface area contributed by atoms with Gasteiger partial charge in [0.05, 0.1) is 0 Å². The van der Waals surface area contributed by atoms with E-state index in [2.05, 4.69) is 12.2 Å². The molecule has 0 fully saturated rings. The van der Waals surface area contributed by atoms with Crippen LogP contribution in [0.15, 0.2) is 12.2 Å². The van der Waals surface area contributed by atoms with Crippen molar-refractivity contribution in [2.75, 3.05) is 6.61 Å². The quantitative estimate of drug-likeness (QED) is 0.417. The predicted octanol–water partition coefficient (Wildman–Crippen LogP) is 1.93. The number of rotatable bonds is 2. The molecule has 46 valence electrons.